The molecule has 3 aromatic carbocycles. The van der Waals surface area contributed by atoms with Gasteiger partial charge >= 0.3 is 0 Å². The van der Waals surface area contributed by atoms with Gasteiger partial charge in [0.2, 0.25) is 12.3 Å². The smallest absolute Gasteiger partial charge is 0.248 e. The average Bonchev–Trinajstić information content (AvgIpc) is 3.02. The standard InChI is InChI=1S/C20H22N2O2.C7H7NO.C6H12/c1-24-15-9-10-16-18(12-15)21-19(14-6-3-2-4-7-14)17-8-5-11-22(13-23)20(16)17;8-7(9)6-4-2-1-3-5-6;1-2-4-6-5-3-1/h2-4,6-7,9-10,12-13,17,19-21H,5,8,11H2,1H3;1-5H,(H2,8,9);1-6H2. The average molecular weight is 528 g/mol. The van der Waals surface area contributed by atoms with Gasteiger partial charge in [-0.1, -0.05) is 93.1 Å². The number of primary amides is 1. The van der Waals surface area contributed by atoms with Crippen molar-refractivity contribution in [1.29, 1.82) is 0 Å². The highest BCUT2D eigenvalue weighted by Gasteiger charge is 2.42. The van der Waals surface area contributed by atoms with Crippen LogP contribution in [0.4, 0.5) is 5.69 Å². The Morgan fingerprint density at radius 3 is 2.05 bits per heavy atom. The number of methoxy groups -OCH3 is 1. The number of nitrogens with zero attached hydrogens (tertiary/aromatic N) is 1. The first kappa shape index (κ1) is 28.2. The Morgan fingerprint density at radius 1 is 0.897 bits per heavy atom. The number of likely N-dealkylation sites (tertiary alicyclic amines) is 1. The molecule has 3 N–H and O–H groups in total. The number of anilines is 1. The molecule has 0 aromatic heterocycles. The number of piperidine rings is 1. The fourth-order valence-corrected chi connectivity index (χ4v) is 5.90. The minimum Gasteiger partial charge on any atom is -0.497 e. The molecule has 0 spiro atoms. The summed E-state index contributed by atoms with van der Waals surface area (Å²) < 4.78 is 5.39. The van der Waals surface area contributed by atoms with Crippen LogP contribution in [0.15, 0.2) is 78.9 Å². The lowest BCUT2D eigenvalue weighted by molar-refractivity contribution is -0.123. The number of nitrogens with two attached hydrogens (primary N) is 1. The Bertz CT molecular complexity index is 1170. The van der Waals surface area contributed by atoms with Crippen LogP contribution < -0.4 is 15.8 Å². The summed E-state index contributed by atoms with van der Waals surface area (Å²) in [6.07, 6.45) is 12.2. The van der Waals surface area contributed by atoms with Crippen molar-refractivity contribution in [1.82, 2.24) is 4.90 Å². The highest BCUT2D eigenvalue weighted by Crippen LogP contribution is 2.50. The van der Waals surface area contributed by atoms with Gasteiger partial charge in [0.15, 0.2) is 0 Å². The zero-order valence-electron chi connectivity index (χ0n) is 22.9. The van der Waals surface area contributed by atoms with Crippen molar-refractivity contribution >= 4 is 18.0 Å². The van der Waals surface area contributed by atoms with E-state index in [1.54, 1.807) is 31.4 Å². The van der Waals surface area contributed by atoms with E-state index in [0.717, 1.165) is 37.2 Å². The molecule has 3 aliphatic rings. The molecule has 1 saturated carbocycles. The van der Waals surface area contributed by atoms with Gasteiger partial charge in [-0.3, -0.25) is 9.59 Å². The van der Waals surface area contributed by atoms with Gasteiger partial charge in [0.05, 0.1) is 19.2 Å². The quantitative estimate of drug-likeness (QED) is 0.362. The molecule has 1 aliphatic carbocycles. The second kappa shape index (κ2) is 14.4. The van der Waals surface area contributed by atoms with Crippen molar-refractivity contribution < 1.29 is 14.3 Å². The van der Waals surface area contributed by atoms with Gasteiger partial charge in [-0.05, 0) is 42.2 Å². The van der Waals surface area contributed by atoms with Crippen molar-refractivity contribution in [3.05, 3.63) is 95.6 Å². The summed E-state index contributed by atoms with van der Waals surface area (Å²) in [6.45, 7) is 0.831. The highest BCUT2D eigenvalue weighted by molar-refractivity contribution is 5.92. The van der Waals surface area contributed by atoms with Gasteiger partial charge in [-0.15, -0.1) is 0 Å². The number of hydrogen-bond donors (Lipinski definition) is 2. The number of amides is 2. The van der Waals surface area contributed by atoms with Gasteiger partial charge in [0.1, 0.15) is 5.75 Å². The van der Waals surface area contributed by atoms with Crippen molar-refractivity contribution in [3.63, 3.8) is 0 Å². The molecule has 3 aromatic rings. The molecule has 2 amide bonds. The van der Waals surface area contributed by atoms with Crippen molar-refractivity contribution in [2.24, 2.45) is 11.7 Å². The molecule has 3 unspecified atom stereocenters. The number of benzene rings is 3. The molecule has 0 radical (unpaired) electrons. The maximum absolute atomic E-state index is 11.7. The number of carbonyl (C=O) groups is 2. The Morgan fingerprint density at radius 2 is 1.51 bits per heavy atom. The van der Waals surface area contributed by atoms with Crippen molar-refractivity contribution in [3.8, 4) is 5.75 Å². The Balaban J connectivity index is 0.000000192. The van der Waals surface area contributed by atoms with E-state index in [4.69, 9.17) is 10.5 Å². The Labute approximate surface area is 232 Å². The van der Waals surface area contributed by atoms with Gasteiger partial charge in [0, 0.05) is 29.8 Å². The summed E-state index contributed by atoms with van der Waals surface area (Å²) >= 11 is 0. The SMILES string of the molecule is C1CCCCC1.COc1ccc2c(c1)NC(c1ccccc1)C1CCCN(C=O)C21.NC(=O)c1ccccc1. The Kier molecular flexibility index (Phi) is 10.4. The first-order chi connectivity index (χ1) is 19.1. The zero-order chi connectivity index (χ0) is 27.5. The van der Waals surface area contributed by atoms with Crippen LogP contribution in [0.25, 0.3) is 0 Å². The van der Waals surface area contributed by atoms with E-state index in [1.807, 2.05) is 29.2 Å². The van der Waals surface area contributed by atoms with Gasteiger partial charge in [-0.25, -0.2) is 0 Å². The van der Waals surface area contributed by atoms with Crippen LogP contribution in [0.5, 0.6) is 5.75 Å². The molecule has 6 nitrogen and oxygen atoms in total. The molecule has 1 saturated heterocycles. The summed E-state index contributed by atoms with van der Waals surface area (Å²) in [5.41, 5.74) is 9.06. The topological polar surface area (TPSA) is 84.7 Å². The fraction of sp³-hybridized carbons (Fsp3) is 0.394. The predicted molar refractivity (Wildman–Crippen MR) is 157 cm³/mol. The summed E-state index contributed by atoms with van der Waals surface area (Å²) in [4.78, 5) is 24.1. The van der Waals surface area contributed by atoms with E-state index in [9.17, 15) is 9.59 Å². The summed E-state index contributed by atoms with van der Waals surface area (Å²) in [5.74, 6) is 0.836. The number of carbonyl (C=O) groups excluding carboxylic acids is 2. The predicted octanol–water partition coefficient (Wildman–Crippen LogP) is 6.90. The van der Waals surface area contributed by atoms with Crippen molar-refractivity contribution in [2.75, 3.05) is 19.0 Å². The summed E-state index contributed by atoms with van der Waals surface area (Å²) in [6, 6.07) is 25.7. The third-order valence-corrected chi connectivity index (χ3v) is 7.89. The zero-order valence-corrected chi connectivity index (χ0v) is 22.9. The van der Waals surface area contributed by atoms with E-state index in [1.165, 1.54) is 49.7 Å². The van der Waals surface area contributed by atoms with Crippen LogP contribution in [0.2, 0.25) is 0 Å². The summed E-state index contributed by atoms with van der Waals surface area (Å²) in [7, 11) is 1.68. The lowest BCUT2D eigenvalue weighted by Gasteiger charge is -2.48. The van der Waals surface area contributed by atoms with Crippen LogP contribution in [0.1, 0.15) is 84.9 Å². The molecular weight excluding hydrogens is 486 g/mol. The van der Waals surface area contributed by atoms with Crippen molar-refractivity contribution in [2.45, 2.75) is 63.5 Å². The monoisotopic (exact) mass is 527 g/mol. The second-order valence-electron chi connectivity index (χ2n) is 10.4. The van der Waals surface area contributed by atoms with Crippen LogP contribution in [-0.2, 0) is 4.79 Å². The van der Waals surface area contributed by atoms with E-state index in [2.05, 4.69) is 35.6 Å². The number of hydrogen-bond acceptors (Lipinski definition) is 4. The van der Waals surface area contributed by atoms with E-state index in [0.29, 0.717) is 11.5 Å². The van der Waals surface area contributed by atoms with Crippen LogP contribution in [0.3, 0.4) is 0 Å². The van der Waals surface area contributed by atoms with Gasteiger partial charge in [-0.2, -0.15) is 0 Å². The number of rotatable bonds is 4. The Hall–Kier alpha value is -3.80. The van der Waals surface area contributed by atoms with Crippen LogP contribution in [-0.4, -0.2) is 30.9 Å². The van der Waals surface area contributed by atoms with E-state index >= 15 is 0 Å². The first-order valence-electron chi connectivity index (χ1n) is 14.2. The maximum Gasteiger partial charge on any atom is 0.248 e. The molecule has 2 aliphatic heterocycles. The third-order valence-electron chi connectivity index (χ3n) is 7.89. The number of ether oxygens (including phenoxy) is 1. The van der Waals surface area contributed by atoms with Gasteiger partial charge in [0.25, 0.3) is 0 Å². The highest BCUT2D eigenvalue weighted by atomic mass is 16.5. The minimum absolute atomic E-state index is 0.128. The number of nitrogens with one attached hydrogen (secondary N) is 1. The fourth-order valence-electron chi connectivity index (χ4n) is 5.90. The molecule has 6 rings (SSSR count). The van der Waals surface area contributed by atoms with E-state index < -0.39 is 0 Å². The van der Waals surface area contributed by atoms with E-state index in [-0.39, 0.29) is 18.0 Å². The lowest BCUT2D eigenvalue weighted by atomic mass is 9.74. The summed E-state index contributed by atoms with van der Waals surface area (Å²) in [5, 5.41) is 3.71. The first-order valence-corrected chi connectivity index (χ1v) is 14.2. The number of fused-ring (bicyclic) bond motifs is 3. The molecule has 0 bridgehead atoms. The lowest BCUT2D eigenvalue weighted by Crippen LogP contribution is -2.44. The largest absolute Gasteiger partial charge is 0.497 e. The third kappa shape index (κ3) is 7.41. The molecule has 6 heteroatoms. The molecule has 206 valence electrons. The molecule has 2 fully saturated rings. The second-order valence-corrected chi connectivity index (χ2v) is 10.4. The van der Waals surface area contributed by atoms with Crippen LogP contribution in [0, 0.1) is 5.92 Å². The van der Waals surface area contributed by atoms with Crippen LogP contribution >= 0.6 is 0 Å². The molecular formula is C33H41N3O3. The molecule has 3 atom stereocenters. The molecule has 39 heavy (non-hydrogen) atoms. The van der Waals surface area contributed by atoms with Gasteiger partial charge < -0.3 is 20.7 Å². The minimum atomic E-state index is -0.379. The normalized spacial score (nSPS) is 21.3. The molecule has 2 heterocycles. The maximum atomic E-state index is 11.7.